The van der Waals surface area contributed by atoms with Gasteiger partial charge in [0.15, 0.2) is 6.29 Å². The van der Waals surface area contributed by atoms with Crippen LogP contribution in [-0.4, -0.2) is 39.8 Å². The van der Waals surface area contributed by atoms with Crippen molar-refractivity contribution in [2.75, 3.05) is 27.4 Å². The van der Waals surface area contributed by atoms with E-state index in [0.29, 0.717) is 5.92 Å². The molecule has 1 unspecified atom stereocenters. The van der Waals surface area contributed by atoms with Gasteiger partial charge in [0.05, 0.1) is 6.04 Å². The van der Waals surface area contributed by atoms with Gasteiger partial charge < -0.3 is 19.9 Å². The van der Waals surface area contributed by atoms with Crippen LogP contribution in [0.25, 0.3) is 0 Å². The third-order valence-corrected chi connectivity index (χ3v) is 2.59. The number of hydrogen-bond acceptors (Lipinski definition) is 4. The Kier molecular flexibility index (Phi) is 4.66. The quantitative estimate of drug-likeness (QED) is 0.649. The van der Waals surface area contributed by atoms with Gasteiger partial charge in [-0.1, -0.05) is 0 Å². The van der Waals surface area contributed by atoms with Crippen LogP contribution in [0.1, 0.15) is 12.8 Å². The molecule has 0 amide bonds. The molecule has 0 saturated carbocycles. The first-order valence-electron chi connectivity index (χ1n) is 4.68. The van der Waals surface area contributed by atoms with E-state index in [9.17, 15) is 0 Å². The predicted molar refractivity (Wildman–Crippen MR) is 49.3 cm³/mol. The standard InChI is InChI=1S/C9H19NO3/c1-11-9(12-2)8(10)7-3-5-13-6-4-7/h7-9H,3-6,10H2,1-2H3. The average Bonchev–Trinajstić information content (AvgIpc) is 2.21. The molecule has 78 valence electrons. The topological polar surface area (TPSA) is 53.7 Å². The summed E-state index contributed by atoms with van der Waals surface area (Å²) in [5, 5.41) is 0. The van der Waals surface area contributed by atoms with E-state index in [1.807, 2.05) is 0 Å². The normalized spacial score (nSPS) is 22.2. The van der Waals surface area contributed by atoms with Crippen LogP contribution < -0.4 is 5.73 Å². The third kappa shape index (κ3) is 2.91. The molecule has 0 aliphatic carbocycles. The average molecular weight is 189 g/mol. The number of rotatable bonds is 4. The highest BCUT2D eigenvalue weighted by atomic mass is 16.7. The number of methoxy groups -OCH3 is 2. The Morgan fingerprint density at radius 1 is 1.23 bits per heavy atom. The summed E-state index contributed by atoms with van der Waals surface area (Å²) in [6.45, 7) is 1.61. The molecule has 0 spiro atoms. The van der Waals surface area contributed by atoms with E-state index in [1.165, 1.54) is 0 Å². The highest BCUT2D eigenvalue weighted by molar-refractivity contribution is 4.77. The molecule has 1 rings (SSSR count). The second kappa shape index (κ2) is 5.54. The van der Waals surface area contributed by atoms with Crippen molar-refractivity contribution in [2.45, 2.75) is 25.2 Å². The lowest BCUT2D eigenvalue weighted by Crippen LogP contribution is -2.45. The third-order valence-electron chi connectivity index (χ3n) is 2.59. The zero-order valence-corrected chi connectivity index (χ0v) is 8.36. The van der Waals surface area contributed by atoms with Gasteiger partial charge >= 0.3 is 0 Å². The van der Waals surface area contributed by atoms with Crippen molar-refractivity contribution in [2.24, 2.45) is 11.7 Å². The SMILES string of the molecule is COC(OC)C(N)C1CCOCC1. The first-order valence-corrected chi connectivity index (χ1v) is 4.68. The molecule has 1 saturated heterocycles. The Bertz CT molecular complexity index is 133. The molecule has 1 heterocycles. The van der Waals surface area contributed by atoms with Gasteiger partial charge in [-0.3, -0.25) is 0 Å². The van der Waals surface area contributed by atoms with Crippen molar-refractivity contribution >= 4 is 0 Å². The van der Waals surface area contributed by atoms with Gasteiger partial charge in [-0.25, -0.2) is 0 Å². The maximum atomic E-state index is 6.01. The first-order chi connectivity index (χ1) is 6.29. The zero-order valence-electron chi connectivity index (χ0n) is 8.36. The van der Waals surface area contributed by atoms with E-state index in [1.54, 1.807) is 14.2 Å². The van der Waals surface area contributed by atoms with E-state index < -0.39 is 0 Å². The highest BCUT2D eigenvalue weighted by Gasteiger charge is 2.27. The second-order valence-electron chi connectivity index (χ2n) is 3.37. The van der Waals surface area contributed by atoms with Crippen molar-refractivity contribution in [3.63, 3.8) is 0 Å². The Morgan fingerprint density at radius 2 is 1.77 bits per heavy atom. The second-order valence-corrected chi connectivity index (χ2v) is 3.37. The Labute approximate surface area is 79.3 Å². The molecule has 0 radical (unpaired) electrons. The number of hydrogen-bond donors (Lipinski definition) is 1. The summed E-state index contributed by atoms with van der Waals surface area (Å²) in [7, 11) is 3.24. The van der Waals surface area contributed by atoms with Crippen LogP contribution >= 0.6 is 0 Å². The number of nitrogens with two attached hydrogens (primary N) is 1. The molecule has 2 N–H and O–H groups in total. The fourth-order valence-electron chi connectivity index (χ4n) is 1.73. The minimum atomic E-state index is -0.289. The van der Waals surface area contributed by atoms with Crippen LogP contribution in [0.3, 0.4) is 0 Å². The minimum absolute atomic E-state index is 0.0427. The molecule has 0 bridgehead atoms. The minimum Gasteiger partial charge on any atom is -0.381 e. The van der Waals surface area contributed by atoms with Gasteiger partial charge in [0.25, 0.3) is 0 Å². The van der Waals surface area contributed by atoms with E-state index >= 15 is 0 Å². The smallest absolute Gasteiger partial charge is 0.172 e. The number of ether oxygens (including phenoxy) is 3. The lowest BCUT2D eigenvalue weighted by Gasteiger charge is -2.31. The Hall–Kier alpha value is -0.160. The predicted octanol–water partition coefficient (Wildman–Crippen LogP) is 0.359. The van der Waals surface area contributed by atoms with Crippen LogP contribution in [-0.2, 0) is 14.2 Å². The molecule has 1 fully saturated rings. The Balaban J connectivity index is 2.38. The van der Waals surface area contributed by atoms with E-state index in [4.69, 9.17) is 19.9 Å². The van der Waals surface area contributed by atoms with E-state index in [0.717, 1.165) is 26.1 Å². The highest BCUT2D eigenvalue weighted by Crippen LogP contribution is 2.20. The van der Waals surface area contributed by atoms with Gasteiger partial charge in [0, 0.05) is 27.4 Å². The van der Waals surface area contributed by atoms with Crippen LogP contribution in [0.15, 0.2) is 0 Å². The van der Waals surface area contributed by atoms with Crippen LogP contribution in [0, 0.1) is 5.92 Å². The largest absolute Gasteiger partial charge is 0.381 e. The lowest BCUT2D eigenvalue weighted by molar-refractivity contribution is -0.131. The maximum absolute atomic E-state index is 6.01. The first kappa shape index (κ1) is 10.9. The molecule has 4 nitrogen and oxygen atoms in total. The van der Waals surface area contributed by atoms with Gasteiger partial charge in [-0.05, 0) is 18.8 Å². The van der Waals surface area contributed by atoms with Crippen LogP contribution in [0.4, 0.5) is 0 Å². The molecule has 13 heavy (non-hydrogen) atoms. The van der Waals surface area contributed by atoms with E-state index in [2.05, 4.69) is 0 Å². The van der Waals surface area contributed by atoms with Gasteiger partial charge in [-0.2, -0.15) is 0 Å². The fourth-order valence-corrected chi connectivity index (χ4v) is 1.73. The van der Waals surface area contributed by atoms with Crippen LogP contribution in [0.2, 0.25) is 0 Å². The maximum Gasteiger partial charge on any atom is 0.172 e. The van der Waals surface area contributed by atoms with Crippen molar-refractivity contribution in [3.05, 3.63) is 0 Å². The fraction of sp³-hybridized carbons (Fsp3) is 1.00. The Morgan fingerprint density at radius 3 is 2.23 bits per heavy atom. The van der Waals surface area contributed by atoms with Crippen LogP contribution in [0.5, 0.6) is 0 Å². The molecule has 0 aromatic carbocycles. The molecule has 1 aliphatic heterocycles. The summed E-state index contributed by atoms with van der Waals surface area (Å²) < 4.78 is 15.5. The zero-order chi connectivity index (χ0) is 9.68. The summed E-state index contributed by atoms with van der Waals surface area (Å²) in [6, 6.07) is -0.0427. The van der Waals surface area contributed by atoms with Gasteiger partial charge in [0.2, 0.25) is 0 Å². The van der Waals surface area contributed by atoms with Crippen molar-refractivity contribution < 1.29 is 14.2 Å². The van der Waals surface area contributed by atoms with E-state index in [-0.39, 0.29) is 12.3 Å². The molecule has 1 aliphatic rings. The molecule has 0 aromatic heterocycles. The monoisotopic (exact) mass is 189 g/mol. The summed E-state index contributed by atoms with van der Waals surface area (Å²) >= 11 is 0. The van der Waals surface area contributed by atoms with Gasteiger partial charge in [-0.15, -0.1) is 0 Å². The van der Waals surface area contributed by atoms with Gasteiger partial charge in [0.1, 0.15) is 0 Å². The summed E-state index contributed by atoms with van der Waals surface area (Å²) in [5.41, 5.74) is 6.01. The van der Waals surface area contributed by atoms with Crippen molar-refractivity contribution in [1.82, 2.24) is 0 Å². The summed E-state index contributed by atoms with van der Waals surface area (Å²) in [4.78, 5) is 0. The molecular formula is C9H19NO3. The molecule has 1 atom stereocenters. The van der Waals surface area contributed by atoms with Crippen molar-refractivity contribution in [3.8, 4) is 0 Å². The summed E-state index contributed by atoms with van der Waals surface area (Å²) in [5.74, 6) is 0.457. The molecule has 4 heteroatoms. The van der Waals surface area contributed by atoms with Crippen molar-refractivity contribution in [1.29, 1.82) is 0 Å². The molecule has 0 aromatic rings. The molecular weight excluding hydrogens is 170 g/mol. The summed E-state index contributed by atoms with van der Waals surface area (Å²) in [6.07, 6.45) is 1.72. The lowest BCUT2D eigenvalue weighted by atomic mass is 9.92.